The molecule has 0 bridgehead atoms. The second-order valence-electron chi connectivity index (χ2n) is 6.11. The van der Waals surface area contributed by atoms with Crippen LogP contribution in [0.1, 0.15) is 32.3 Å². The van der Waals surface area contributed by atoms with Crippen LogP contribution >= 0.6 is 11.6 Å². The van der Waals surface area contributed by atoms with E-state index >= 15 is 0 Å². The first-order valence-corrected chi connectivity index (χ1v) is 8.10. The molecular weight excluding hydrogens is 286 g/mol. The van der Waals surface area contributed by atoms with E-state index in [1.165, 1.54) is 12.8 Å². The van der Waals surface area contributed by atoms with Crippen LogP contribution in [0.25, 0.3) is 0 Å². The molecule has 0 aromatic carbocycles. The molecule has 4 nitrogen and oxygen atoms in total. The summed E-state index contributed by atoms with van der Waals surface area (Å²) in [6.45, 7) is 7.51. The fourth-order valence-corrected chi connectivity index (χ4v) is 2.15. The molecule has 1 aliphatic carbocycles. The number of halogens is 1. The summed E-state index contributed by atoms with van der Waals surface area (Å²) in [5.41, 5.74) is 1.08. The van der Waals surface area contributed by atoms with Gasteiger partial charge in [-0.25, -0.2) is 4.98 Å². The quantitative estimate of drug-likeness (QED) is 0.711. The Balaban J connectivity index is 1.83. The minimum absolute atomic E-state index is 0.436. The number of nitrogens with one attached hydrogen (secondary N) is 1. The highest BCUT2D eigenvalue weighted by atomic mass is 35.5. The van der Waals surface area contributed by atoms with Crippen molar-refractivity contribution in [3.63, 3.8) is 0 Å². The molecular formula is C16H26ClN3O. The molecule has 0 atom stereocenters. The summed E-state index contributed by atoms with van der Waals surface area (Å²) in [4.78, 5) is 6.52. The smallest absolute Gasteiger partial charge is 0.128 e. The summed E-state index contributed by atoms with van der Waals surface area (Å²) >= 11 is 6.21. The first-order chi connectivity index (χ1) is 10.1. The van der Waals surface area contributed by atoms with Gasteiger partial charge in [0.1, 0.15) is 5.82 Å². The molecule has 0 spiro atoms. The Labute approximate surface area is 132 Å². The van der Waals surface area contributed by atoms with Gasteiger partial charge in [-0.05, 0) is 30.4 Å². The third-order valence-electron chi connectivity index (χ3n) is 3.63. The van der Waals surface area contributed by atoms with Gasteiger partial charge in [0.25, 0.3) is 0 Å². The van der Waals surface area contributed by atoms with Crippen LogP contribution in [0.4, 0.5) is 5.82 Å². The standard InChI is InChI=1S/C16H26ClN3O/c1-12(2)18-9-14-8-16(19-10-15(14)17)20(3)6-7-21-11-13-4-5-13/h8,10,12-13,18H,4-7,9,11H2,1-3H3. The van der Waals surface area contributed by atoms with Gasteiger partial charge in [-0.15, -0.1) is 0 Å². The van der Waals surface area contributed by atoms with Crippen molar-refractivity contribution in [3.05, 3.63) is 22.8 Å². The Kier molecular flexibility index (Phi) is 6.27. The first-order valence-electron chi connectivity index (χ1n) is 7.73. The van der Waals surface area contributed by atoms with Gasteiger partial charge in [-0.1, -0.05) is 25.4 Å². The van der Waals surface area contributed by atoms with Crippen molar-refractivity contribution in [2.75, 3.05) is 31.7 Å². The minimum Gasteiger partial charge on any atom is -0.379 e. The average Bonchev–Trinajstić information content (AvgIpc) is 3.26. The second-order valence-corrected chi connectivity index (χ2v) is 6.52. The van der Waals surface area contributed by atoms with E-state index in [4.69, 9.17) is 16.3 Å². The van der Waals surface area contributed by atoms with Crippen LogP contribution < -0.4 is 10.2 Å². The Morgan fingerprint density at radius 3 is 2.90 bits per heavy atom. The highest BCUT2D eigenvalue weighted by Crippen LogP contribution is 2.28. The Bertz CT molecular complexity index is 449. The zero-order valence-electron chi connectivity index (χ0n) is 13.2. The Morgan fingerprint density at radius 2 is 2.24 bits per heavy atom. The number of anilines is 1. The fourth-order valence-electron chi connectivity index (χ4n) is 1.98. The largest absolute Gasteiger partial charge is 0.379 e. The highest BCUT2D eigenvalue weighted by Gasteiger charge is 2.21. The molecule has 0 amide bonds. The van der Waals surface area contributed by atoms with E-state index in [-0.39, 0.29) is 0 Å². The lowest BCUT2D eigenvalue weighted by Crippen LogP contribution is -2.25. The minimum atomic E-state index is 0.436. The van der Waals surface area contributed by atoms with Gasteiger partial charge in [0.15, 0.2) is 0 Å². The van der Waals surface area contributed by atoms with E-state index < -0.39 is 0 Å². The maximum atomic E-state index is 6.21. The summed E-state index contributed by atoms with van der Waals surface area (Å²) in [5, 5.41) is 4.10. The normalized spacial score (nSPS) is 14.7. The van der Waals surface area contributed by atoms with Crippen molar-refractivity contribution in [1.29, 1.82) is 0 Å². The molecule has 1 fully saturated rings. The van der Waals surface area contributed by atoms with Gasteiger partial charge in [0, 0.05) is 39.0 Å². The number of nitrogens with zero attached hydrogens (tertiary/aromatic N) is 2. The lowest BCUT2D eigenvalue weighted by molar-refractivity contribution is 0.131. The van der Waals surface area contributed by atoms with E-state index in [1.807, 2.05) is 7.05 Å². The predicted octanol–water partition coefficient (Wildman–Crippen LogP) is 3.10. The molecule has 1 heterocycles. The average molecular weight is 312 g/mol. The van der Waals surface area contributed by atoms with Crippen LogP contribution in [0.5, 0.6) is 0 Å². The molecule has 0 aliphatic heterocycles. The fraction of sp³-hybridized carbons (Fsp3) is 0.688. The van der Waals surface area contributed by atoms with Crippen LogP contribution in [-0.2, 0) is 11.3 Å². The van der Waals surface area contributed by atoms with Crippen LogP contribution in [-0.4, -0.2) is 37.8 Å². The van der Waals surface area contributed by atoms with E-state index in [9.17, 15) is 0 Å². The summed E-state index contributed by atoms with van der Waals surface area (Å²) in [6.07, 6.45) is 4.40. The lowest BCUT2D eigenvalue weighted by atomic mass is 10.2. The van der Waals surface area contributed by atoms with Crippen molar-refractivity contribution in [3.8, 4) is 0 Å². The van der Waals surface area contributed by atoms with Crippen molar-refractivity contribution < 1.29 is 4.74 Å². The molecule has 1 aromatic rings. The molecule has 2 rings (SSSR count). The number of hydrogen-bond donors (Lipinski definition) is 1. The van der Waals surface area contributed by atoms with Crippen molar-refractivity contribution in [1.82, 2.24) is 10.3 Å². The molecule has 1 N–H and O–H groups in total. The van der Waals surface area contributed by atoms with E-state index in [2.05, 4.69) is 35.1 Å². The van der Waals surface area contributed by atoms with Crippen LogP contribution in [0.3, 0.4) is 0 Å². The molecule has 21 heavy (non-hydrogen) atoms. The van der Waals surface area contributed by atoms with Gasteiger partial charge in [0.05, 0.1) is 11.6 Å². The number of pyridine rings is 1. The van der Waals surface area contributed by atoms with Gasteiger partial charge in [-0.2, -0.15) is 0 Å². The molecule has 0 saturated heterocycles. The monoisotopic (exact) mass is 311 g/mol. The Hall–Kier alpha value is -0.840. The summed E-state index contributed by atoms with van der Waals surface area (Å²) < 4.78 is 5.67. The number of ether oxygens (including phenoxy) is 1. The SMILES string of the molecule is CC(C)NCc1cc(N(C)CCOCC2CC2)ncc1Cl. The summed E-state index contributed by atoms with van der Waals surface area (Å²) in [7, 11) is 2.04. The topological polar surface area (TPSA) is 37.4 Å². The van der Waals surface area contributed by atoms with E-state index in [0.717, 1.165) is 43.6 Å². The number of likely N-dealkylation sites (N-methyl/N-ethyl adjacent to an activating group) is 1. The third kappa shape index (κ3) is 5.81. The second kappa shape index (κ2) is 7.97. The van der Waals surface area contributed by atoms with Gasteiger partial charge >= 0.3 is 0 Å². The molecule has 118 valence electrons. The molecule has 0 unspecified atom stereocenters. The molecule has 1 saturated carbocycles. The van der Waals surface area contributed by atoms with Gasteiger partial charge in [-0.3, -0.25) is 0 Å². The van der Waals surface area contributed by atoms with E-state index in [1.54, 1.807) is 6.20 Å². The summed E-state index contributed by atoms with van der Waals surface area (Å²) in [5.74, 6) is 1.76. The molecule has 1 aromatic heterocycles. The molecule has 1 aliphatic rings. The van der Waals surface area contributed by atoms with Gasteiger partial charge < -0.3 is 15.0 Å². The number of aromatic nitrogens is 1. The van der Waals surface area contributed by atoms with Crippen molar-refractivity contribution in [2.45, 2.75) is 39.3 Å². The van der Waals surface area contributed by atoms with Crippen LogP contribution in [0.2, 0.25) is 5.02 Å². The number of rotatable bonds is 9. The van der Waals surface area contributed by atoms with E-state index in [0.29, 0.717) is 11.1 Å². The van der Waals surface area contributed by atoms with Crippen molar-refractivity contribution >= 4 is 17.4 Å². The molecule has 5 heteroatoms. The number of hydrogen-bond acceptors (Lipinski definition) is 4. The lowest BCUT2D eigenvalue weighted by Gasteiger charge is -2.19. The van der Waals surface area contributed by atoms with Crippen LogP contribution in [0, 0.1) is 5.92 Å². The highest BCUT2D eigenvalue weighted by molar-refractivity contribution is 6.31. The maximum absolute atomic E-state index is 6.21. The van der Waals surface area contributed by atoms with Gasteiger partial charge in [0.2, 0.25) is 0 Å². The maximum Gasteiger partial charge on any atom is 0.128 e. The first kappa shape index (κ1) is 16.5. The molecule has 0 radical (unpaired) electrons. The van der Waals surface area contributed by atoms with Crippen molar-refractivity contribution in [2.24, 2.45) is 5.92 Å². The summed E-state index contributed by atoms with van der Waals surface area (Å²) in [6, 6.07) is 2.49. The zero-order chi connectivity index (χ0) is 15.2. The third-order valence-corrected chi connectivity index (χ3v) is 3.97. The Morgan fingerprint density at radius 1 is 1.48 bits per heavy atom. The van der Waals surface area contributed by atoms with Crippen LogP contribution in [0.15, 0.2) is 12.3 Å². The predicted molar refractivity (Wildman–Crippen MR) is 88.0 cm³/mol. The zero-order valence-corrected chi connectivity index (χ0v) is 14.0.